The van der Waals surface area contributed by atoms with E-state index in [9.17, 15) is 24.0 Å². The van der Waals surface area contributed by atoms with Crippen molar-refractivity contribution in [2.45, 2.75) is 36.1 Å². The maximum absolute atomic E-state index is 13.6. The summed E-state index contributed by atoms with van der Waals surface area (Å²) >= 11 is 0. The summed E-state index contributed by atoms with van der Waals surface area (Å²) in [6.07, 6.45) is -3.15. The smallest absolute Gasteiger partial charge is 0.338 e. The number of carbonyl (C=O) groups excluding carboxylic acids is 5. The molecular formula is C36H32O12. The maximum Gasteiger partial charge on any atom is 0.338 e. The fourth-order valence-electron chi connectivity index (χ4n) is 6.45. The summed E-state index contributed by atoms with van der Waals surface area (Å²) in [6, 6.07) is 24.5. The van der Waals surface area contributed by atoms with Crippen molar-refractivity contribution < 1.29 is 57.1 Å². The molecule has 0 N–H and O–H groups in total. The van der Waals surface area contributed by atoms with Gasteiger partial charge in [0.15, 0.2) is 12.2 Å². The van der Waals surface area contributed by atoms with Gasteiger partial charge in [0, 0.05) is 0 Å². The Morgan fingerprint density at radius 3 is 1.69 bits per heavy atom. The average molecular weight is 657 g/mol. The van der Waals surface area contributed by atoms with E-state index in [1.807, 2.05) is 0 Å². The molecule has 3 heterocycles. The normalized spacial score (nSPS) is 28.3. The van der Waals surface area contributed by atoms with Crippen LogP contribution in [0, 0.1) is 11.8 Å². The molecule has 3 aliphatic rings. The summed E-state index contributed by atoms with van der Waals surface area (Å²) in [6.45, 7) is -0.442. The number of hydrogen-bond acceptors (Lipinski definition) is 12. The second-order valence-electron chi connectivity index (χ2n) is 11.4. The second kappa shape index (κ2) is 13.8. The highest BCUT2D eigenvalue weighted by molar-refractivity contribution is 5.91. The predicted octanol–water partition coefficient (Wildman–Crippen LogP) is 3.35. The molecule has 12 nitrogen and oxygen atoms in total. The number of ether oxygens (including phenoxy) is 7. The van der Waals surface area contributed by atoms with Crippen LogP contribution in [0.2, 0.25) is 0 Å². The molecule has 0 aliphatic carbocycles. The Hall–Kier alpha value is -5.33. The van der Waals surface area contributed by atoms with Gasteiger partial charge in [0.1, 0.15) is 36.3 Å². The van der Waals surface area contributed by atoms with Crippen LogP contribution in [-0.4, -0.2) is 86.8 Å². The summed E-state index contributed by atoms with van der Waals surface area (Å²) in [5.74, 6) is -6.19. The highest BCUT2D eigenvalue weighted by atomic mass is 16.7. The molecule has 0 saturated carbocycles. The molecule has 2 fully saturated rings. The summed E-state index contributed by atoms with van der Waals surface area (Å²) < 4.78 is 40.6. The zero-order valence-corrected chi connectivity index (χ0v) is 26.0. The summed E-state index contributed by atoms with van der Waals surface area (Å²) in [5, 5.41) is 0. The van der Waals surface area contributed by atoms with Crippen LogP contribution in [-0.2, 0) is 42.7 Å². The Balaban J connectivity index is 1.41. The highest BCUT2D eigenvalue weighted by Crippen LogP contribution is 2.54. The van der Waals surface area contributed by atoms with Crippen LogP contribution in [0.15, 0.2) is 103 Å². The molecule has 48 heavy (non-hydrogen) atoms. The van der Waals surface area contributed by atoms with E-state index in [-0.39, 0.29) is 16.7 Å². The van der Waals surface area contributed by atoms with Gasteiger partial charge in [-0.25, -0.2) is 14.4 Å². The van der Waals surface area contributed by atoms with E-state index in [2.05, 4.69) is 0 Å². The van der Waals surface area contributed by atoms with Gasteiger partial charge in [0.2, 0.25) is 0 Å². The summed E-state index contributed by atoms with van der Waals surface area (Å²) in [7, 11) is 2.35. The van der Waals surface area contributed by atoms with Crippen molar-refractivity contribution in [1.29, 1.82) is 0 Å². The molecule has 3 aromatic rings. The first kappa shape index (κ1) is 32.6. The Morgan fingerprint density at radius 2 is 1.17 bits per heavy atom. The number of esters is 5. The molecule has 0 unspecified atom stereocenters. The van der Waals surface area contributed by atoms with Crippen molar-refractivity contribution in [2.75, 3.05) is 20.8 Å². The molecule has 248 valence electrons. The SMILES string of the molecule is COC(=O)[C@H]1[C@H]2C=C[C@]([C@@H]3O[C@H](COC(=O)c4ccccc4)[C@@H](OC(=O)c4ccccc4)[C@H]3OC(=O)c3ccccc3)(O2)[C@H]1C(=O)OC. The van der Waals surface area contributed by atoms with Crippen LogP contribution in [0.25, 0.3) is 0 Å². The molecular weight excluding hydrogens is 624 g/mol. The molecule has 12 heteroatoms. The first-order valence-electron chi connectivity index (χ1n) is 15.2. The minimum atomic E-state index is -1.74. The molecule has 0 radical (unpaired) electrons. The predicted molar refractivity (Wildman–Crippen MR) is 164 cm³/mol. The number of fused-ring (bicyclic) bond motifs is 2. The minimum absolute atomic E-state index is 0.185. The number of rotatable bonds is 10. The third-order valence-corrected chi connectivity index (χ3v) is 8.66. The Morgan fingerprint density at radius 1 is 0.667 bits per heavy atom. The number of methoxy groups -OCH3 is 2. The van der Waals surface area contributed by atoms with Gasteiger partial charge in [-0.05, 0) is 36.4 Å². The van der Waals surface area contributed by atoms with Gasteiger partial charge < -0.3 is 33.2 Å². The van der Waals surface area contributed by atoms with Gasteiger partial charge in [-0.3, -0.25) is 9.59 Å². The topological polar surface area (TPSA) is 150 Å². The van der Waals surface area contributed by atoms with Gasteiger partial charge in [-0.1, -0.05) is 66.7 Å². The standard InChI is InChI=1S/C36H32O12/c1-42-34(40)26-24-18-19-36(48-24,27(26)35(41)43-2)30-29(47-33(39)23-16-10-5-11-17-23)28(46-32(38)22-14-8-4-9-15-22)25(45-30)20-44-31(37)21-12-6-3-7-13-21/h3-19,24-30H,20H2,1-2H3/t24-,25-,26+,27-,28-,29-,30-,36+/m1/s1. The third-order valence-electron chi connectivity index (χ3n) is 8.66. The van der Waals surface area contributed by atoms with E-state index in [0.29, 0.717) is 0 Å². The lowest BCUT2D eigenvalue weighted by Crippen LogP contribution is -2.56. The molecule has 3 aliphatic heterocycles. The average Bonchev–Trinajstić information content (AvgIpc) is 3.82. The van der Waals surface area contributed by atoms with E-state index in [1.54, 1.807) is 91.0 Å². The molecule has 6 rings (SSSR count). The summed E-state index contributed by atoms with van der Waals surface area (Å²) in [4.78, 5) is 66.4. The Labute approximate surface area is 275 Å². The van der Waals surface area contributed by atoms with E-state index in [0.717, 1.165) is 0 Å². The van der Waals surface area contributed by atoms with Gasteiger partial charge >= 0.3 is 29.8 Å². The zero-order valence-electron chi connectivity index (χ0n) is 26.0. The van der Waals surface area contributed by atoms with Gasteiger partial charge in [-0.2, -0.15) is 0 Å². The second-order valence-corrected chi connectivity index (χ2v) is 11.4. The van der Waals surface area contributed by atoms with Crippen LogP contribution in [0.3, 0.4) is 0 Å². The molecule has 2 saturated heterocycles. The zero-order chi connectivity index (χ0) is 33.8. The van der Waals surface area contributed by atoms with Crippen molar-refractivity contribution in [3.05, 3.63) is 120 Å². The lowest BCUT2D eigenvalue weighted by atomic mass is 9.71. The van der Waals surface area contributed by atoms with Crippen molar-refractivity contribution >= 4 is 29.8 Å². The number of carbonyl (C=O) groups is 5. The Kier molecular flexibility index (Phi) is 9.37. The molecule has 0 amide bonds. The first-order chi connectivity index (χ1) is 23.3. The number of hydrogen-bond donors (Lipinski definition) is 0. The highest BCUT2D eigenvalue weighted by Gasteiger charge is 2.71. The van der Waals surface area contributed by atoms with E-state index >= 15 is 0 Å². The van der Waals surface area contributed by atoms with Crippen LogP contribution in [0.1, 0.15) is 31.1 Å². The lowest BCUT2D eigenvalue weighted by Gasteiger charge is -2.37. The van der Waals surface area contributed by atoms with Crippen LogP contribution in [0.4, 0.5) is 0 Å². The van der Waals surface area contributed by atoms with Gasteiger partial charge in [-0.15, -0.1) is 0 Å². The molecule has 0 aromatic heterocycles. The fourth-order valence-corrected chi connectivity index (χ4v) is 6.45. The molecule has 8 atom stereocenters. The van der Waals surface area contributed by atoms with Crippen molar-refractivity contribution in [3.8, 4) is 0 Å². The quantitative estimate of drug-likeness (QED) is 0.179. The van der Waals surface area contributed by atoms with Crippen molar-refractivity contribution in [3.63, 3.8) is 0 Å². The van der Waals surface area contributed by atoms with Crippen LogP contribution < -0.4 is 0 Å². The lowest BCUT2D eigenvalue weighted by molar-refractivity contribution is -0.167. The molecule has 0 spiro atoms. The largest absolute Gasteiger partial charge is 0.469 e. The van der Waals surface area contributed by atoms with Crippen molar-refractivity contribution in [2.24, 2.45) is 11.8 Å². The number of benzene rings is 3. The Bertz CT molecular complexity index is 1690. The molecule has 2 bridgehead atoms. The minimum Gasteiger partial charge on any atom is -0.469 e. The first-order valence-corrected chi connectivity index (χ1v) is 15.2. The third kappa shape index (κ3) is 6.07. The van der Waals surface area contributed by atoms with Crippen LogP contribution in [0.5, 0.6) is 0 Å². The van der Waals surface area contributed by atoms with Crippen LogP contribution >= 0.6 is 0 Å². The molecule has 3 aromatic carbocycles. The fraction of sp³-hybridized carbons (Fsp3) is 0.306. The monoisotopic (exact) mass is 656 g/mol. The van der Waals surface area contributed by atoms with E-state index in [4.69, 9.17) is 33.2 Å². The maximum atomic E-state index is 13.6. The van der Waals surface area contributed by atoms with E-state index < -0.39 is 84.4 Å². The summed E-state index contributed by atoms with van der Waals surface area (Å²) in [5.41, 5.74) is -1.09. The van der Waals surface area contributed by atoms with Crippen molar-refractivity contribution in [1.82, 2.24) is 0 Å². The van der Waals surface area contributed by atoms with Gasteiger partial charge in [0.05, 0.1) is 37.0 Å². The van der Waals surface area contributed by atoms with Gasteiger partial charge in [0.25, 0.3) is 0 Å². The van der Waals surface area contributed by atoms with E-state index in [1.165, 1.54) is 26.4 Å².